The number of nitrogen functional groups attached to an aromatic ring is 1. The van der Waals surface area contributed by atoms with Crippen LogP contribution in [-0.4, -0.2) is 23.1 Å². The first-order chi connectivity index (χ1) is 9.02. The largest absolute Gasteiger partial charge is 0.377 e. The smallest absolute Gasteiger partial charge is 0.158 e. The molecule has 1 fully saturated rings. The molecule has 0 bridgehead atoms. The molecule has 1 aliphatic rings. The van der Waals surface area contributed by atoms with E-state index in [1.54, 1.807) is 7.11 Å². The first kappa shape index (κ1) is 14.0. The lowest BCUT2D eigenvalue weighted by Crippen LogP contribution is -2.20. The molecule has 1 atom stereocenters. The van der Waals surface area contributed by atoms with Crippen LogP contribution >= 0.6 is 0 Å². The van der Waals surface area contributed by atoms with Crippen LogP contribution in [0.4, 0.5) is 11.6 Å². The predicted octanol–water partition coefficient (Wildman–Crippen LogP) is 1.90. The summed E-state index contributed by atoms with van der Waals surface area (Å²) in [6.07, 6.45) is 3.56. The Labute approximate surface area is 114 Å². The summed E-state index contributed by atoms with van der Waals surface area (Å²) in [5.41, 5.74) is 2.97. The minimum atomic E-state index is 0.375. The van der Waals surface area contributed by atoms with Crippen molar-refractivity contribution in [2.24, 2.45) is 11.3 Å². The molecule has 19 heavy (non-hydrogen) atoms. The number of nitrogens with two attached hydrogens (primary N) is 1. The van der Waals surface area contributed by atoms with Crippen molar-refractivity contribution in [3.63, 3.8) is 0 Å². The van der Waals surface area contributed by atoms with Gasteiger partial charge >= 0.3 is 0 Å². The molecule has 0 aromatic carbocycles. The summed E-state index contributed by atoms with van der Waals surface area (Å²) in [6.45, 7) is 4.98. The standard InChI is InChI=1S/C13H23N5O/c1-13(2)5-4-9(7-13)15-10-6-11(18-14)17-12(16-10)8-19-3/h6,9H,4-5,7-8,14H2,1-3H3,(H2,15,16,17,18). The van der Waals surface area contributed by atoms with Crippen LogP contribution in [-0.2, 0) is 11.3 Å². The van der Waals surface area contributed by atoms with Gasteiger partial charge in [-0.15, -0.1) is 0 Å². The van der Waals surface area contributed by atoms with Gasteiger partial charge in [-0.1, -0.05) is 13.8 Å². The molecule has 2 rings (SSSR count). The van der Waals surface area contributed by atoms with E-state index >= 15 is 0 Å². The highest BCUT2D eigenvalue weighted by Gasteiger charge is 2.30. The summed E-state index contributed by atoms with van der Waals surface area (Å²) < 4.78 is 5.06. The molecule has 4 N–H and O–H groups in total. The summed E-state index contributed by atoms with van der Waals surface area (Å²) in [6, 6.07) is 2.29. The lowest BCUT2D eigenvalue weighted by atomic mass is 9.92. The van der Waals surface area contributed by atoms with Crippen LogP contribution < -0.4 is 16.6 Å². The van der Waals surface area contributed by atoms with Gasteiger partial charge in [0.1, 0.15) is 18.2 Å². The number of rotatable bonds is 5. The molecule has 0 aliphatic heterocycles. The second-order valence-corrected chi connectivity index (χ2v) is 5.88. The number of hydrogen-bond acceptors (Lipinski definition) is 6. The minimum Gasteiger partial charge on any atom is -0.377 e. The SMILES string of the molecule is COCc1nc(NN)cc(NC2CCC(C)(C)C2)n1. The zero-order valence-electron chi connectivity index (χ0n) is 11.9. The molecule has 1 saturated carbocycles. The molecule has 1 unspecified atom stereocenters. The number of hydrazine groups is 1. The summed E-state index contributed by atoms with van der Waals surface area (Å²) in [4.78, 5) is 8.67. The van der Waals surface area contributed by atoms with Crippen molar-refractivity contribution in [1.29, 1.82) is 0 Å². The first-order valence-corrected chi connectivity index (χ1v) is 6.62. The molecule has 0 spiro atoms. The minimum absolute atomic E-state index is 0.375. The van der Waals surface area contributed by atoms with Crippen molar-refractivity contribution in [1.82, 2.24) is 9.97 Å². The van der Waals surface area contributed by atoms with E-state index in [9.17, 15) is 0 Å². The number of methoxy groups -OCH3 is 1. The zero-order valence-corrected chi connectivity index (χ0v) is 11.9. The lowest BCUT2D eigenvalue weighted by molar-refractivity contribution is 0.178. The van der Waals surface area contributed by atoms with Gasteiger partial charge in [0.25, 0.3) is 0 Å². The van der Waals surface area contributed by atoms with E-state index in [2.05, 4.69) is 34.6 Å². The summed E-state index contributed by atoms with van der Waals surface area (Å²) in [5.74, 6) is 7.45. The molecule has 0 amide bonds. The van der Waals surface area contributed by atoms with Gasteiger partial charge in [-0.3, -0.25) is 0 Å². The predicted molar refractivity (Wildman–Crippen MR) is 75.6 cm³/mol. The van der Waals surface area contributed by atoms with Crippen LogP contribution in [0.3, 0.4) is 0 Å². The Morgan fingerprint density at radius 3 is 2.74 bits per heavy atom. The van der Waals surface area contributed by atoms with Gasteiger partial charge in [0.15, 0.2) is 5.82 Å². The van der Waals surface area contributed by atoms with E-state index in [4.69, 9.17) is 10.6 Å². The molecule has 6 heteroatoms. The Morgan fingerprint density at radius 1 is 1.42 bits per heavy atom. The summed E-state index contributed by atoms with van der Waals surface area (Å²) >= 11 is 0. The summed E-state index contributed by atoms with van der Waals surface area (Å²) in [7, 11) is 1.62. The van der Waals surface area contributed by atoms with Crippen molar-refractivity contribution in [3.05, 3.63) is 11.9 Å². The highest BCUT2D eigenvalue weighted by Crippen LogP contribution is 2.38. The molecule has 1 aliphatic carbocycles. The molecule has 1 aromatic rings. The van der Waals surface area contributed by atoms with E-state index in [0.29, 0.717) is 29.7 Å². The highest BCUT2D eigenvalue weighted by atomic mass is 16.5. The third kappa shape index (κ3) is 3.78. The maximum atomic E-state index is 5.43. The van der Waals surface area contributed by atoms with Gasteiger partial charge in [0.05, 0.1) is 0 Å². The number of hydrogen-bond donors (Lipinski definition) is 3. The van der Waals surface area contributed by atoms with E-state index in [1.165, 1.54) is 12.8 Å². The topological polar surface area (TPSA) is 85.1 Å². The summed E-state index contributed by atoms with van der Waals surface area (Å²) in [5, 5.41) is 3.47. The fourth-order valence-electron chi connectivity index (χ4n) is 2.61. The lowest BCUT2D eigenvalue weighted by Gasteiger charge is -2.18. The third-order valence-corrected chi connectivity index (χ3v) is 3.51. The molecule has 106 valence electrons. The van der Waals surface area contributed by atoms with Crippen molar-refractivity contribution < 1.29 is 4.74 Å². The second-order valence-electron chi connectivity index (χ2n) is 5.88. The fraction of sp³-hybridized carbons (Fsp3) is 0.692. The van der Waals surface area contributed by atoms with Crippen LogP contribution in [0, 0.1) is 5.41 Å². The van der Waals surface area contributed by atoms with Crippen LogP contribution in [0.1, 0.15) is 38.9 Å². The number of nitrogens with one attached hydrogen (secondary N) is 2. The van der Waals surface area contributed by atoms with Crippen LogP contribution in [0.5, 0.6) is 0 Å². The normalized spacial score (nSPS) is 21.4. The Hall–Kier alpha value is -1.40. The van der Waals surface area contributed by atoms with Crippen molar-refractivity contribution in [2.45, 2.75) is 45.8 Å². The van der Waals surface area contributed by atoms with Gasteiger partial charge in [-0.2, -0.15) is 0 Å². The molecule has 0 saturated heterocycles. The third-order valence-electron chi connectivity index (χ3n) is 3.51. The average molecular weight is 265 g/mol. The maximum absolute atomic E-state index is 5.43. The molecule has 0 radical (unpaired) electrons. The van der Waals surface area contributed by atoms with Crippen molar-refractivity contribution in [3.8, 4) is 0 Å². The molecule has 1 aromatic heterocycles. The van der Waals surface area contributed by atoms with Crippen molar-refractivity contribution >= 4 is 11.6 Å². The number of ether oxygens (including phenoxy) is 1. The zero-order chi connectivity index (χ0) is 13.9. The van der Waals surface area contributed by atoms with Crippen LogP contribution in [0.15, 0.2) is 6.07 Å². The van der Waals surface area contributed by atoms with Gasteiger partial charge in [-0.25, -0.2) is 15.8 Å². The Morgan fingerprint density at radius 2 is 2.16 bits per heavy atom. The molecule has 6 nitrogen and oxygen atoms in total. The van der Waals surface area contributed by atoms with E-state index in [1.807, 2.05) is 6.07 Å². The number of anilines is 2. The van der Waals surface area contributed by atoms with Crippen LogP contribution in [0.25, 0.3) is 0 Å². The van der Waals surface area contributed by atoms with Gasteiger partial charge in [-0.05, 0) is 24.7 Å². The highest BCUT2D eigenvalue weighted by molar-refractivity contribution is 5.47. The first-order valence-electron chi connectivity index (χ1n) is 6.62. The van der Waals surface area contributed by atoms with Gasteiger partial charge in [0.2, 0.25) is 0 Å². The van der Waals surface area contributed by atoms with E-state index in [0.717, 1.165) is 12.2 Å². The van der Waals surface area contributed by atoms with Crippen molar-refractivity contribution in [2.75, 3.05) is 17.9 Å². The second kappa shape index (κ2) is 5.71. The molecular weight excluding hydrogens is 242 g/mol. The van der Waals surface area contributed by atoms with Gasteiger partial charge in [0, 0.05) is 19.2 Å². The fourth-order valence-corrected chi connectivity index (χ4v) is 2.61. The number of nitrogens with zero attached hydrogens (tertiary/aromatic N) is 2. The average Bonchev–Trinajstić information content (AvgIpc) is 2.68. The van der Waals surface area contributed by atoms with E-state index in [-0.39, 0.29) is 0 Å². The monoisotopic (exact) mass is 265 g/mol. The molecular formula is C13H23N5O. The maximum Gasteiger partial charge on any atom is 0.158 e. The van der Waals surface area contributed by atoms with Crippen LogP contribution in [0.2, 0.25) is 0 Å². The molecule has 1 heterocycles. The quantitative estimate of drug-likeness (QED) is 0.557. The Kier molecular flexibility index (Phi) is 4.21. The Bertz CT molecular complexity index is 435. The van der Waals surface area contributed by atoms with E-state index < -0.39 is 0 Å². The number of aromatic nitrogens is 2. The van der Waals surface area contributed by atoms with Gasteiger partial charge < -0.3 is 15.5 Å². The Balaban J connectivity index is 2.09.